The van der Waals surface area contributed by atoms with Crippen molar-refractivity contribution in [2.24, 2.45) is 5.41 Å². The molecule has 0 amide bonds. The Labute approximate surface area is 95.6 Å². The van der Waals surface area contributed by atoms with Gasteiger partial charge in [-0.1, -0.05) is 13.8 Å². The maximum Gasteiger partial charge on any atom is 0.0112 e. The summed E-state index contributed by atoms with van der Waals surface area (Å²) in [5.41, 5.74) is 0.422. The summed E-state index contributed by atoms with van der Waals surface area (Å²) < 4.78 is 0. The van der Waals surface area contributed by atoms with Gasteiger partial charge in [0.1, 0.15) is 0 Å². The highest BCUT2D eigenvalue weighted by molar-refractivity contribution is 4.84. The van der Waals surface area contributed by atoms with E-state index in [0.717, 1.165) is 0 Å². The van der Waals surface area contributed by atoms with Gasteiger partial charge in [-0.05, 0) is 33.1 Å². The van der Waals surface area contributed by atoms with Crippen LogP contribution in [0.1, 0.15) is 41.5 Å². The van der Waals surface area contributed by atoms with Gasteiger partial charge >= 0.3 is 0 Å². The highest BCUT2D eigenvalue weighted by atomic mass is 15.2. The summed E-state index contributed by atoms with van der Waals surface area (Å²) in [4.78, 5) is 5.23. The lowest BCUT2D eigenvalue weighted by Gasteiger charge is -2.33. The average molecular weight is 212 g/mol. The molecule has 1 heterocycles. The Hall–Kier alpha value is -0.0800. The van der Waals surface area contributed by atoms with Crippen LogP contribution in [-0.2, 0) is 0 Å². The van der Waals surface area contributed by atoms with E-state index < -0.39 is 0 Å². The Morgan fingerprint density at radius 2 is 1.13 bits per heavy atom. The van der Waals surface area contributed by atoms with E-state index in [1.807, 2.05) is 0 Å². The molecule has 0 N–H and O–H groups in total. The highest BCUT2D eigenvalue weighted by Gasteiger charge is 2.30. The second-order valence-electron chi connectivity index (χ2n) is 6.29. The minimum atomic E-state index is 0.422. The molecule has 0 aliphatic carbocycles. The van der Waals surface area contributed by atoms with Gasteiger partial charge in [0, 0.05) is 38.3 Å². The lowest BCUT2D eigenvalue weighted by Crippen LogP contribution is -2.40. The van der Waals surface area contributed by atoms with Gasteiger partial charge in [0.05, 0.1) is 0 Å². The number of hydrogen-bond acceptors (Lipinski definition) is 2. The Morgan fingerprint density at radius 3 is 1.40 bits per heavy atom. The smallest absolute Gasteiger partial charge is 0.0112 e. The van der Waals surface area contributed by atoms with Crippen molar-refractivity contribution in [3.05, 3.63) is 0 Å². The van der Waals surface area contributed by atoms with Gasteiger partial charge < -0.3 is 0 Å². The van der Waals surface area contributed by atoms with E-state index >= 15 is 0 Å². The van der Waals surface area contributed by atoms with Gasteiger partial charge in [0.2, 0.25) is 0 Å². The van der Waals surface area contributed by atoms with Crippen LogP contribution in [-0.4, -0.2) is 48.1 Å². The third kappa shape index (κ3) is 3.76. The van der Waals surface area contributed by atoms with Gasteiger partial charge in [0.25, 0.3) is 0 Å². The third-order valence-electron chi connectivity index (χ3n) is 3.40. The highest BCUT2D eigenvalue weighted by Crippen LogP contribution is 2.24. The van der Waals surface area contributed by atoms with E-state index in [4.69, 9.17) is 0 Å². The Morgan fingerprint density at radius 1 is 0.800 bits per heavy atom. The zero-order valence-corrected chi connectivity index (χ0v) is 11.4. The van der Waals surface area contributed by atoms with Crippen LogP contribution in [0.3, 0.4) is 0 Å². The number of nitrogens with zero attached hydrogens (tertiary/aromatic N) is 2. The van der Waals surface area contributed by atoms with E-state index in [0.29, 0.717) is 17.5 Å². The van der Waals surface area contributed by atoms with Crippen LogP contribution >= 0.6 is 0 Å². The molecule has 0 aromatic carbocycles. The van der Waals surface area contributed by atoms with Gasteiger partial charge in [0.15, 0.2) is 0 Å². The summed E-state index contributed by atoms with van der Waals surface area (Å²) in [6.07, 6.45) is 0. The minimum absolute atomic E-state index is 0.422. The second kappa shape index (κ2) is 4.84. The first-order valence-electron chi connectivity index (χ1n) is 6.30. The molecule has 1 saturated heterocycles. The first kappa shape index (κ1) is 13.0. The predicted molar refractivity (Wildman–Crippen MR) is 67.2 cm³/mol. The van der Waals surface area contributed by atoms with E-state index in [2.05, 4.69) is 51.3 Å². The average Bonchev–Trinajstić information content (AvgIpc) is 2.23. The molecule has 0 radical (unpaired) electrons. The van der Waals surface area contributed by atoms with E-state index in [1.165, 1.54) is 26.2 Å². The SMILES string of the molecule is CC(C)N1CCN(C(C)C)CC(C)(C)C1. The van der Waals surface area contributed by atoms with Gasteiger partial charge in [-0.2, -0.15) is 0 Å². The van der Waals surface area contributed by atoms with E-state index in [-0.39, 0.29) is 0 Å². The summed E-state index contributed by atoms with van der Waals surface area (Å²) >= 11 is 0. The molecule has 0 aromatic heterocycles. The van der Waals surface area contributed by atoms with Crippen LogP contribution in [0.25, 0.3) is 0 Å². The van der Waals surface area contributed by atoms with Crippen LogP contribution < -0.4 is 0 Å². The minimum Gasteiger partial charge on any atom is -0.299 e. The molecule has 1 rings (SSSR count). The third-order valence-corrected chi connectivity index (χ3v) is 3.40. The maximum absolute atomic E-state index is 2.61. The largest absolute Gasteiger partial charge is 0.299 e. The number of hydrogen-bond donors (Lipinski definition) is 0. The molecule has 2 nitrogen and oxygen atoms in total. The van der Waals surface area contributed by atoms with Crippen molar-refractivity contribution in [1.82, 2.24) is 9.80 Å². The molecule has 0 unspecified atom stereocenters. The van der Waals surface area contributed by atoms with Crippen LogP contribution in [0, 0.1) is 5.41 Å². The number of rotatable bonds is 2. The summed E-state index contributed by atoms with van der Waals surface area (Å²) in [5, 5.41) is 0. The summed E-state index contributed by atoms with van der Waals surface area (Å²) in [6.45, 7) is 18.9. The van der Waals surface area contributed by atoms with Crippen molar-refractivity contribution < 1.29 is 0 Å². The molecule has 0 bridgehead atoms. The zero-order valence-electron chi connectivity index (χ0n) is 11.4. The normalized spacial score (nSPS) is 24.8. The Kier molecular flexibility index (Phi) is 4.19. The monoisotopic (exact) mass is 212 g/mol. The second-order valence-corrected chi connectivity index (χ2v) is 6.29. The zero-order chi connectivity index (χ0) is 11.6. The van der Waals surface area contributed by atoms with Crippen molar-refractivity contribution >= 4 is 0 Å². The van der Waals surface area contributed by atoms with Gasteiger partial charge in [-0.15, -0.1) is 0 Å². The molecule has 0 aromatic rings. The fourth-order valence-electron chi connectivity index (χ4n) is 2.45. The standard InChI is InChI=1S/C13H28N2/c1-11(2)14-7-8-15(12(3)4)10-13(5,6)9-14/h11-12H,7-10H2,1-6H3. The molecular formula is C13H28N2. The Bertz CT molecular complexity index is 177. The van der Waals surface area contributed by atoms with Crippen molar-refractivity contribution in [3.8, 4) is 0 Å². The molecule has 2 heteroatoms. The molecule has 0 spiro atoms. The van der Waals surface area contributed by atoms with Gasteiger partial charge in [-0.25, -0.2) is 0 Å². The molecule has 0 saturated carbocycles. The predicted octanol–water partition coefficient (Wildman–Crippen LogP) is 2.45. The van der Waals surface area contributed by atoms with Crippen LogP contribution in [0.4, 0.5) is 0 Å². The molecule has 1 aliphatic rings. The van der Waals surface area contributed by atoms with E-state index in [1.54, 1.807) is 0 Å². The fraction of sp³-hybridized carbons (Fsp3) is 1.00. The first-order chi connectivity index (χ1) is 6.82. The molecule has 1 fully saturated rings. The van der Waals surface area contributed by atoms with Crippen LogP contribution in [0.5, 0.6) is 0 Å². The molecule has 1 aliphatic heterocycles. The van der Waals surface area contributed by atoms with Crippen LogP contribution in [0.2, 0.25) is 0 Å². The lowest BCUT2D eigenvalue weighted by molar-refractivity contribution is 0.153. The fourth-order valence-corrected chi connectivity index (χ4v) is 2.45. The van der Waals surface area contributed by atoms with Crippen molar-refractivity contribution in [2.75, 3.05) is 26.2 Å². The maximum atomic E-state index is 2.61. The van der Waals surface area contributed by atoms with Gasteiger partial charge in [-0.3, -0.25) is 9.80 Å². The molecule has 0 atom stereocenters. The quantitative estimate of drug-likeness (QED) is 0.694. The molecule has 15 heavy (non-hydrogen) atoms. The Balaban J connectivity index is 2.69. The van der Waals surface area contributed by atoms with Crippen LogP contribution in [0.15, 0.2) is 0 Å². The van der Waals surface area contributed by atoms with Crippen molar-refractivity contribution in [2.45, 2.75) is 53.6 Å². The summed E-state index contributed by atoms with van der Waals surface area (Å²) in [7, 11) is 0. The lowest BCUT2D eigenvalue weighted by atomic mass is 9.92. The first-order valence-corrected chi connectivity index (χ1v) is 6.30. The van der Waals surface area contributed by atoms with Crippen molar-refractivity contribution in [3.63, 3.8) is 0 Å². The van der Waals surface area contributed by atoms with E-state index in [9.17, 15) is 0 Å². The summed E-state index contributed by atoms with van der Waals surface area (Å²) in [5.74, 6) is 0. The molecule has 90 valence electrons. The summed E-state index contributed by atoms with van der Waals surface area (Å²) in [6, 6.07) is 1.35. The topological polar surface area (TPSA) is 6.48 Å². The molecular weight excluding hydrogens is 184 g/mol. The van der Waals surface area contributed by atoms with Crippen molar-refractivity contribution in [1.29, 1.82) is 0 Å².